The Kier molecular flexibility index (Phi) is 14.3. The molecule has 0 fully saturated rings. The second-order valence-corrected chi connectivity index (χ2v) is 3.10. The van der Waals surface area contributed by atoms with Crippen molar-refractivity contribution in [1.29, 1.82) is 0 Å². The fourth-order valence-corrected chi connectivity index (χ4v) is 0.346. The third kappa shape index (κ3) is 47.9. The first-order valence-electron chi connectivity index (χ1n) is 2.55. The summed E-state index contributed by atoms with van der Waals surface area (Å²) in [6.45, 7) is 0.554. The second-order valence-electron chi connectivity index (χ2n) is 1.53. The van der Waals surface area contributed by atoms with E-state index in [1.54, 1.807) is 0 Å². The first kappa shape index (κ1) is 18.2. The summed E-state index contributed by atoms with van der Waals surface area (Å²) in [5, 5.41) is 15.3. The van der Waals surface area contributed by atoms with Crippen molar-refractivity contribution in [2.24, 2.45) is 0 Å². The van der Waals surface area contributed by atoms with Crippen LogP contribution < -0.4 is 0 Å². The van der Waals surface area contributed by atoms with Crippen molar-refractivity contribution >= 4 is 45.6 Å². The van der Waals surface area contributed by atoms with Crippen molar-refractivity contribution in [2.75, 3.05) is 12.4 Å². The minimum atomic E-state index is -3.92. The van der Waals surface area contributed by atoms with Crippen LogP contribution >= 0.6 is 0 Å². The van der Waals surface area contributed by atoms with Crippen molar-refractivity contribution in [3.8, 4) is 0 Å². The quantitative estimate of drug-likeness (QED) is 0.370. The summed E-state index contributed by atoms with van der Waals surface area (Å²) in [6, 6.07) is 0. The molecule has 70 valence electrons. The van der Waals surface area contributed by atoms with Gasteiger partial charge in [0.05, 0.1) is 12.4 Å². The molecule has 0 aromatic rings. The number of hydrogen-bond donors (Lipinski definition) is 3. The molecule has 0 aliphatic rings. The molecular weight excluding hydrogens is 199 g/mol. The summed E-state index contributed by atoms with van der Waals surface area (Å²) in [4.78, 5) is 9.00. The van der Waals surface area contributed by atoms with E-state index in [-0.39, 0.29) is 29.6 Å². The third-order valence-electron chi connectivity index (χ3n) is 0.349. The predicted molar refractivity (Wildman–Crippen MR) is 44.0 cm³/mol. The molecule has 0 unspecified atom stereocenters. The molecular formula is C4H11NaO6S. The molecule has 0 bridgehead atoms. The van der Waals surface area contributed by atoms with Gasteiger partial charge in [-0.05, 0) is 0 Å². The van der Waals surface area contributed by atoms with Crippen molar-refractivity contribution in [3.05, 3.63) is 0 Å². The normalized spacial score (nSPS) is 8.92. The molecule has 12 heavy (non-hydrogen) atoms. The number of aliphatic carboxylic acids is 1. The molecule has 0 amide bonds. The zero-order chi connectivity index (χ0) is 9.49. The van der Waals surface area contributed by atoms with Crippen LogP contribution in [-0.2, 0) is 14.9 Å². The van der Waals surface area contributed by atoms with E-state index >= 15 is 0 Å². The standard InChI is InChI=1S/C2H6O4S.C2H4O2.Na.H/c3-1-2-7(4,5)6;1-2(3)4;;/h3H,1-2H2,(H,4,5,6);1H3,(H,3,4);;. The van der Waals surface area contributed by atoms with Crippen LogP contribution in [-0.4, -0.2) is 71.1 Å². The Bertz CT molecular complexity index is 194. The summed E-state index contributed by atoms with van der Waals surface area (Å²) >= 11 is 0. The Balaban J connectivity index is -0.000000142. The molecule has 0 heterocycles. The average molecular weight is 210 g/mol. The van der Waals surface area contributed by atoms with E-state index in [4.69, 9.17) is 19.6 Å². The van der Waals surface area contributed by atoms with Gasteiger partial charge in [-0.1, -0.05) is 0 Å². The molecule has 0 radical (unpaired) electrons. The van der Waals surface area contributed by atoms with Gasteiger partial charge in [0.1, 0.15) is 0 Å². The van der Waals surface area contributed by atoms with Gasteiger partial charge in [0.2, 0.25) is 0 Å². The SMILES string of the molecule is CC(=O)O.O=S(=O)(O)CCO.[NaH]. The summed E-state index contributed by atoms with van der Waals surface area (Å²) in [6.07, 6.45) is 0. The van der Waals surface area contributed by atoms with E-state index in [1.807, 2.05) is 0 Å². The molecule has 0 spiro atoms. The van der Waals surface area contributed by atoms with Crippen LogP contribution in [0.3, 0.4) is 0 Å². The maximum absolute atomic E-state index is 9.63. The predicted octanol–water partition coefficient (Wildman–Crippen LogP) is -1.69. The number of carbonyl (C=O) groups is 1. The molecule has 3 N–H and O–H groups in total. The molecule has 0 rings (SSSR count). The first-order chi connectivity index (χ1) is 4.79. The van der Waals surface area contributed by atoms with E-state index in [0.717, 1.165) is 6.92 Å². The summed E-state index contributed by atoms with van der Waals surface area (Å²) in [7, 11) is -3.92. The average Bonchev–Trinajstić information content (AvgIpc) is 1.58. The van der Waals surface area contributed by atoms with E-state index in [0.29, 0.717) is 0 Å². The molecule has 0 saturated heterocycles. The number of rotatable bonds is 2. The van der Waals surface area contributed by atoms with Crippen molar-refractivity contribution in [3.63, 3.8) is 0 Å². The van der Waals surface area contributed by atoms with Crippen LogP contribution in [0.15, 0.2) is 0 Å². The van der Waals surface area contributed by atoms with Gasteiger partial charge in [-0.25, -0.2) is 0 Å². The summed E-state index contributed by atoms with van der Waals surface area (Å²) in [5.74, 6) is -1.41. The van der Waals surface area contributed by atoms with Crippen molar-refractivity contribution < 1.29 is 28.0 Å². The van der Waals surface area contributed by atoms with Gasteiger partial charge in [0.25, 0.3) is 16.1 Å². The first-order valence-corrected chi connectivity index (χ1v) is 4.16. The van der Waals surface area contributed by atoms with Gasteiger partial charge < -0.3 is 10.2 Å². The van der Waals surface area contributed by atoms with Gasteiger partial charge in [-0.2, -0.15) is 8.42 Å². The maximum atomic E-state index is 9.63. The van der Waals surface area contributed by atoms with Crippen molar-refractivity contribution in [2.45, 2.75) is 6.92 Å². The van der Waals surface area contributed by atoms with Crippen LogP contribution in [0.4, 0.5) is 0 Å². The fraction of sp³-hybridized carbons (Fsp3) is 0.750. The van der Waals surface area contributed by atoms with E-state index in [2.05, 4.69) is 0 Å². The van der Waals surface area contributed by atoms with Gasteiger partial charge in [0.15, 0.2) is 0 Å². The number of aliphatic hydroxyl groups excluding tert-OH is 1. The molecule has 0 atom stereocenters. The minimum absolute atomic E-state index is 0. The monoisotopic (exact) mass is 210 g/mol. The number of hydrogen-bond acceptors (Lipinski definition) is 4. The molecule has 0 aliphatic heterocycles. The van der Waals surface area contributed by atoms with Gasteiger partial charge in [-0.15, -0.1) is 0 Å². The van der Waals surface area contributed by atoms with Crippen LogP contribution in [0.25, 0.3) is 0 Å². The third-order valence-corrected chi connectivity index (χ3v) is 1.05. The topological polar surface area (TPSA) is 112 Å². The van der Waals surface area contributed by atoms with E-state index in [9.17, 15) is 8.42 Å². The Morgan fingerprint density at radius 1 is 1.42 bits per heavy atom. The molecule has 0 aromatic heterocycles. The van der Waals surface area contributed by atoms with Crippen LogP contribution in [0.2, 0.25) is 0 Å². The number of aliphatic hydroxyl groups is 1. The van der Waals surface area contributed by atoms with Gasteiger partial charge in [0, 0.05) is 6.92 Å². The molecule has 0 saturated carbocycles. The molecule has 6 nitrogen and oxygen atoms in total. The zero-order valence-corrected chi connectivity index (χ0v) is 6.71. The Morgan fingerprint density at radius 2 is 1.67 bits per heavy atom. The van der Waals surface area contributed by atoms with Gasteiger partial charge in [-0.3, -0.25) is 9.35 Å². The summed E-state index contributed by atoms with van der Waals surface area (Å²) in [5.41, 5.74) is 0. The Morgan fingerprint density at radius 3 is 1.67 bits per heavy atom. The zero-order valence-electron chi connectivity index (χ0n) is 5.89. The Hall–Kier alpha value is 0.340. The molecule has 0 aromatic carbocycles. The van der Waals surface area contributed by atoms with Crippen LogP contribution in [0, 0.1) is 0 Å². The molecule has 8 heteroatoms. The number of carboxylic acids is 1. The van der Waals surface area contributed by atoms with Crippen LogP contribution in [0.1, 0.15) is 6.92 Å². The van der Waals surface area contributed by atoms with Crippen LogP contribution in [0.5, 0.6) is 0 Å². The summed E-state index contributed by atoms with van der Waals surface area (Å²) < 4.78 is 27.1. The number of carboxylic acid groups (broad SMARTS) is 1. The fourth-order valence-electron chi connectivity index (χ4n) is 0.115. The van der Waals surface area contributed by atoms with E-state index in [1.165, 1.54) is 0 Å². The second kappa shape index (κ2) is 9.43. The Labute approximate surface area is 92.6 Å². The van der Waals surface area contributed by atoms with E-state index < -0.39 is 28.4 Å². The van der Waals surface area contributed by atoms with Crippen molar-refractivity contribution in [1.82, 2.24) is 0 Å². The molecule has 0 aliphatic carbocycles. The van der Waals surface area contributed by atoms with Gasteiger partial charge >= 0.3 is 29.6 Å².